The molecule has 0 aliphatic rings. The van der Waals surface area contributed by atoms with Crippen LogP contribution in [0.25, 0.3) is 10.9 Å². The van der Waals surface area contributed by atoms with E-state index in [0.29, 0.717) is 32.8 Å². The molecule has 0 atom stereocenters. The summed E-state index contributed by atoms with van der Waals surface area (Å²) < 4.78 is 17.5. The van der Waals surface area contributed by atoms with Crippen LogP contribution < -0.4 is 19.6 Å². The van der Waals surface area contributed by atoms with Gasteiger partial charge in [0.2, 0.25) is 0 Å². The molecule has 1 amide bonds. The van der Waals surface area contributed by atoms with E-state index in [-0.39, 0.29) is 18.9 Å². The van der Waals surface area contributed by atoms with Crippen molar-refractivity contribution in [1.29, 1.82) is 0 Å². The van der Waals surface area contributed by atoms with Crippen LogP contribution in [0, 0.1) is 10.1 Å². The van der Waals surface area contributed by atoms with Gasteiger partial charge in [-0.25, -0.2) is 5.43 Å². The van der Waals surface area contributed by atoms with Crippen LogP contribution in [0.1, 0.15) is 11.1 Å². The number of carbonyl (C=O) groups excluding carboxylic acids is 1. The van der Waals surface area contributed by atoms with Crippen LogP contribution in [-0.4, -0.2) is 35.7 Å². The van der Waals surface area contributed by atoms with Crippen LogP contribution in [0.3, 0.4) is 0 Å². The van der Waals surface area contributed by atoms with Gasteiger partial charge in [0.1, 0.15) is 17.9 Å². The van der Waals surface area contributed by atoms with Crippen LogP contribution in [0.2, 0.25) is 0 Å². The number of benzene rings is 3. The van der Waals surface area contributed by atoms with E-state index in [9.17, 15) is 14.9 Å². The van der Waals surface area contributed by atoms with Crippen LogP contribution >= 0.6 is 15.9 Å². The Labute approximate surface area is 220 Å². The third-order valence-electron chi connectivity index (χ3n) is 5.17. The molecule has 0 unspecified atom stereocenters. The second-order valence-electron chi connectivity index (χ2n) is 7.65. The Bertz CT molecular complexity index is 1450. The van der Waals surface area contributed by atoms with Crippen molar-refractivity contribution in [2.45, 2.75) is 6.61 Å². The maximum atomic E-state index is 12.2. The number of nitro groups is 1. The average Bonchev–Trinajstić information content (AvgIpc) is 2.91. The fourth-order valence-corrected chi connectivity index (χ4v) is 3.76. The van der Waals surface area contributed by atoms with Crippen LogP contribution in [0.4, 0.5) is 5.69 Å². The van der Waals surface area contributed by atoms with Crippen molar-refractivity contribution in [1.82, 2.24) is 10.4 Å². The maximum absolute atomic E-state index is 12.2. The number of rotatable bonds is 10. The van der Waals surface area contributed by atoms with Crippen LogP contribution in [-0.2, 0) is 11.4 Å². The molecule has 0 spiro atoms. The maximum Gasteiger partial charge on any atom is 0.277 e. The number of hydrazone groups is 1. The monoisotopic (exact) mass is 564 g/mol. The lowest BCUT2D eigenvalue weighted by Gasteiger charge is -2.13. The highest BCUT2D eigenvalue weighted by Gasteiger charge is 2.11. The van der Waals surface area contributed by atoms with E-state index in [4.69, 9.17) is 14.2 Å². The number of para-hydroxylation sites is 1. The van der Waals surface area contributed by atoms with Crippen molar-refractivity contribution in [3.05, 3.63) is 98.6 Å². The van der Waals surface area contributed by atoms with Gasteiger partial charge in [-0.15, -0.1) is 0 Å². The summed E-state index contributed by atoms with van der Waals surface area (Å²) in [7, 11) is 1.50. The van der Waals surface area contributed by atoms with Crippen LogP contribution in [0.15, 0.2) is 82.5 Å². The third-order valence-corrected chi connectivity index (χ3v) is 5.86. The highest BCUT2D eigenvalue weighted by Crippen LogP contribution is 2.33. The lowest BCUT2D eigenvalue weighted by molar-refractivity contribution is -0.384. The molecule has 0 fully saturated rings. The van der Waals surface area contributed by atoms with Gasteiger partial charge in [-0.1, -0.05) is 18.2 Å². The Balaban J connectivity index is 1.35. The fraction of sp³-hybridized carbons (Fsp3) is 0.115. The number of methoxy groups -OCH3 is 1. The van der Waals surface area contributed by atoms with Crippen LogP contribution in [0.5, 0.6) is 17.2 Å². The van der Waals surface area contributed by atoms with Gasteiger partial charge in [0.25, 0.3) is 11.6 Å². The molecular formula is C26H21BrN4O6. The van der Waals surface area contributed by atoms with E-state index >= 15 is 0 Å². The minimum Gasteiger partial charge on any atom is -0.493 e. The Hall–Kier alpha value is -4.51. The van der Waals surface area contributed by atoms with E-state index in [0.717, 1.165) is 10.9 Å². The summed E-state index contributed by atoms with van der Waals surface area (Å²) in [6.45, 7) is -0.0382. The van der Waals surface area contributed by atoms with Gasteiger partial charge < -0.3 is 14.2 Å². The molecule has 4 aromatic rings. The van der Waals surface area contributed by atoms with Gasteiger partial charge in [-0.2, -0.15) is 5.10 Å². The highest BCUT2D eigenvalue weighted by molar-refractivity contribution is 9.10. The van der Waals surface area contributed by atoms with Gasteiger partial charge in [0.15, 0.2) is 18.1 Å². The van der Waals surface area contributed by atoms with Gasteiger partial charge in [0.05, 0.1) is 18.2 Å². The number of pyridine rings is 1. The number of ether oxygens (including phenoxy) is 3. The number of nitro benzene ring substituents is 1. The zero-order chi connectivity index (χ0) is 26.2. The molecule has 0 bridgehead atoms. The predicted molar refractivity (Wildman–Crippen MR) is 141 cm³/mol. The summed E-state index contributed by atoms with van der Waals surface area (Å²) in [5, 5.41) is 15.7. The molecule has 4 rings (SSSR count). The normalized spacial score (nSPS) is 10.9. The second kappa shape index (κ2) is 12.0. The Morgan fingerprint density at radius 1 is 1.08 bits per heavy atom. The molecular weight excluding hydrogens is 544 g/mol. The van der Waals surface area contributed by atoms with E-state index < -0.39 is 10.8 Å². The minimum atomic E-state index is -0.455. The summed E-state index contributed by atoms with van der Waals surface area (Å²) in [6.07, 6.45) is 3.13. The predicted octanol–water partition coefficient (Wildman–Crippen LogP) is 5.02. The lowest BCUT2D eigenvalue weighted by Crippen LogP contribution is -2.24. The van der Waals surface area contributed by atoms with E-state index in [1.165, 1.54) is 25.5 Å². The van der Waals surface area contributed by atoms with E-state index in [1.54, 1.807) is 36.5 Å². The topological polar surface area (TPSA) is 125 Å². The van der Waals surface area contributed by atoms with Crippen molar-refractivity contribution < 1.29 is 23.9 Å². The Morgan fingerprint density at radius 2 is 1.86 bits per heavy atom. The van der Waals surface area contributed by atoms with E-state index in [2.05, 4.69) is 31.4 Å². The molecule has 0 radical (unpaired) electrons. The van der Waals surface area contributed by atoms with Gasteiger partial charge in [-0.05, 0) is 57.9 Å². The number of hydrogen-bond donors (Lipinski definition) is 1. The van der Waals surface area contributed by atoms with Crippen molar-refractivity contribution in [3.8, 4) is 17.2 Å². The minimum absolute atomic E-state index is 0.0111. The number of aromatic nitrogens is 1. The Kier molecular flexibility index (Phi) is 8.26. The van der Waals surface area contributed by atoms with Gasteiger partial charge in [0, 0.05) is 33.8 Å². The van der Waals surface area contributed by atoms with Crippen molar-refractivity contribution in [2.24, 2.45) is 5.10 Å². The lowest BCUT2D eigenvalue weighted by atomic mass is 10.2. The SMILES string of the molecule is COc1cc(/C=N/NC(=O)COc2cccc3cccnc23)c(Br)cc1OCc1ccc([N+](=O)[O-])cc1. The van der Waals surface area contributed by atoms with Gasteiger partial charge >= 0.3 is 0 Å². The van der Waals surface area contributed by atoms with Crippen molar-refractivity contribution in [2.75, 3.05) is 13.7 Å². The number of amides is 1. The first-order valence-electron chi connectivity index (χ1n) is 11.0. The molecule has 0 saturated carbocycles. The quantitative estimate of drug-likeness (QED) is 0.163. The number of halogens is 1. The van der Waals surface area contributed by atoms with Gasteiger partial charge in [-0.3, -0.25) is 19.9 Å². The summed E-state index contributed by atoms with van der Waals surface area (Å²) in [4.78, 5) is 26.9. The molecule has 1 aromatic heterocycles. The number of carbonyl (C=O) groups is 1. The molecule has 10 nitrogen and oxygen atoms in total. The first-order valence-corrected chi connectivity index (χ1v) is 11.8. The molecule has 1 heterocycles. The third kappa shape index (κ3) is 6.58. The molecule has 37 heavy (non-hydrogen) atoms. The summed E-state index contributed by atoms with van der Waals surface area (Å²) >= 11 is 3.47. The highest BCUT2D eigenvalue weighted by atomic mass is 79.9. The number of fused-ring (bicyclic) bond motifs is 1. The molecule has 0 saturated heterocycles. The second-order valence-corrected chi connectivity index (χ2v) is 8.50. The standard InChI is InChI=1S/C26H21BrN4O6/c1-35-23-12-19(21(27)13-24(23)36-15-17-7-9-20(10-8-17)31(33)34)14-29-30-25(32)16-37-22-6-2-4-18-5-3-11-28-26(18)22/h2-14H,15-16H2,1H3,(H,30,32)/b29-14+. The summed E-state index contributed by atoms with van der Waals surface area (Å²) in [5.74, 6) is 0.986. The van der Waals surface area contributed by atoms with E-state index in [1.807, 2.05) is 24.3 Å². The number of nitrogens with zero attached hydrogens (tertiary/aromatic N) is 3. The number of non-ortho nitro benzene ring substituents is 1. The zero-order valence-corrected chi connectivity index (χ0v) is 21.2. The molecule has 1 N–H and O–H groups in total. The molecule has 3 aromatic carbocycles. The zero-order valence-electron chi connectivity index (χ0n) is 19.6. The number of nitrogens with one attached hydrogen (secondary N) is 1. The van der Waals surface area contributed by atoms with Crippen molar-refractivity contribution >= 4 is 44.6 Å². The summed E-state index contributed by atoms with van der Waals surface area (Å²) in [5.41, 5.74) is 4.52. The molecule has 11 heteroatoms. The number of hydrogen-bond acceptors (Lipinski definition) is 8. The average molecular weight is 565 g/mol. The molecule has 0 aliphatic carbocycles. The molecule has 0 aliphatic heterocycles. The largest absolute Gasteiger partial charge is 0.493 e. The van der Waals surface area contributed by atoms with Crippen molar-refractivity contribution in [3.63, 3.8) is 0 Å². The summed E-state index contributed by atoms with van der Waals surface area (Å²) in [6, 6.07) is 18.8. The first kappa shape index (κ1) is 25.6. The Morgan fingerprint density at radius 3 is 2.62 bits per heavy atom. The smallest absolute Gasteiger partial charge is 0.277 e. The molecule has 188 valence electrons. The first-order chi connectivity index (χ1) is 17.9. The fourth-order valence-electron chi connectivity index (χ4n) is 3.34.